The minimum Gasteiger partial charge on any atom is -0.352 e. The van der Waals surface area contributed by atoms with Gasteiger partial charge in [-0.2, -0.15) is 0 Å². The van der Waals surface area contributed by atoms with Crippen LogP contribution in [0.3, 0.4) is 0 Å². The maximum Gasteiger partial charge on any atom is 0.228 e. The molecule has 2 aliphatic heterocycles. The predicted molar refractivity (Wildman–Crippen MR) is 124 cm³/mol. The summed E-state index contributed by atoms with van der Waals surface area (Å²) in [5, 5.41) is 3.65. The van der Waals surface area contributed by atoms with E-state index in [4.69, 9.17) is 11.6 Å². The average Bonchev–Trinajstić information content (AvgIpc) is 3.20. The fraction of sp³-hybridized carbons (Fsp3) is 0.400. The molecular weight excluding hydrogens is 426 g/mol. The van der Waals surface area contributed by atoms with Crippen molar-refractivity contribution in [2.75, 3.05) is 24.5 Å². The number of carbonyl (C=O) groups is 3. The van der Waals surface area contributed by atoms with E-state index < -0.39 is 0 Å². The van der Waals surface area contributed by atoms with Gasteiger partial charge in [0.1, 0.15) is 0 Å². The second-order valence-electron chi connectivity index (χ2n) is 8.68. The van der Waals surface area contributed by atoms with Gasteiger partial charge in [0.05, 0.1) is 5.92 Å². The number of piperidine rings is 1. The molecular formula is C25H28ClN3O3. The Morgan fingerprint density at radius 3 is 2.31 bits per heavy atom. The standard InChI is InChI=1S/C25H28ClN3O3/c1-17-2-8-22(9-3-17)29-16-20(14-23(29)30)25(32)28-12-10-19(11-13-28)24(31)27-15-18-4-6-21(26)7-5-18/h2-9,19-20H,10-16H2,1H3,(H,27,31)/t20-/m1/s1. The van der Waals surface area contributed by atoms with Crippen molar-refractivity contribution in [2.24, 2.45) is 11.8 Å². The fourth-order valence-electron chi connectivity index (χ4n) is 4.40. The summed E-state index contributed by atoms with van der Waals surface area (Å²) in [5.41, 5.74) is 2.97. The highest BCUT2D eigenvalue weighted by atomic mass is 35.5. The zero-order valence-corrected chi connectivity index (χ0v) is 19.0. The summed E-state index contributed by atoms with van der Waals surface area (Å²) in [7, 11) is 0. The third-order valence-electron chi connectivity index (χ3n) is 6.38. The minimum absolute atomic E-state index is 0.0105. The lowest BCUT2D eigenvalue weighted by Crippen LogP contribution is -2.45. The quantitative estimate of drug-likeness (QED) is 0.752. The Morgan fingerprint density at radius 2 is 1.66 bits per heavy atom. The van der Waals surface area contributed by atoms with E-state index in [9.17, 15) is 14.4 Å². The van der Waals surface area contributed by atoms with Gasteiger partial charge in [0, 0.05) is 49.2 Å². The average molecular weight is 454 g/mol. The molecule has 168 valence electrons. The number of hydrogen-bond donors (Lipinski definition) is 1. The number of carbonyl (C=O) groups excluding carboxylic acids is 3. The van der Waals surface area contributed by atoms with Crippen molar-refractivity contribution in [3.05, 3.63) is 64.7 Å². The normalized spacial score (nSPS) is 19.3. The molecule has 2 aromatic rings. The van der Waals surface area contributed by atoms with Crippen LogP contribution >= 0.6 is 11.6 Å². The lowest BCUT2D eigenvalue weighted by molar-refractivity contribution is -0.139. The second-order valence-corrected chi connectivity index (χ2v) is 9.12. The van der Waals surface area contributed by atoms with E-state index in [1.807, 2.05) is 48.2 Å². The highest BCUT2D eigenvalue weighted by Crippen LogP contribution is 2.28. The first-order chi connectivity index (χ1) is 15.4. The van der Waals surface area contributed by atoms with Gasteiger partial charge >= 0.3 is 0 Å². The Hall–Kier alpha value is -2.86. The van der Waals surface area contributed by atoms with Gasteiger partial charge in [0.2, 0.25) is 17.7 Å². The van der Waals surface area contributed by atoms with Crippen molar-refractivity contribution >= 4 is 35.0 Å². The smallest absolute Gasteiger partial charge is 0.228 e. The Kier molecular flexibility index (Phi) is 6.80. The molecule has 1 N–H and O–H groups in total. The van der Waals surface area contributed by atoms with Crippen molar-refractivity contribution < 1.29 is 14.4 Å². The Bertz CT molecular complexity index is 982. The first-order valence-corrected chi connectivity index (χ1v) is 11.5. The van der Waals surface area contributed by atoms with Gasteiger partial charge in [-0.25, -0.2) is 0 Å². The van der Waals surface area contributed by atoms with E-state index in [1.54, 1.807) is 17.0 Å². The van der Waals surface area contributed by atoms with Gasteiger partial charge in [-0.1, -0.05) is 41.4 Å². The molecule has 0 aromatic heterocycles. The molecule has 2 aromatic carbocycles. The van der Waals surface area contributed by atoms with Crippen molar-refractivity contribution in [2.45, 2.75) is 32.7 Å². The van der Waals surface area contributed by atoms with Crippen LogP contribution in [-0.2, 0) is 20.9 Å². The van der Waals surface area contributed by atoms with Crippen LogP contribution in [0.25, 0.3) is 0 Å². The summed E-state index contributed by atoms with van der Waals surface area (Å²) in [5.74, 6) is -0.384. The summed E-state index contributed by atoms with van der Waals surface area (Å²) in [6.45, 7) is 3.99. The number of rotatable bonds is 5. The summed E-state index contributed by atoms with van der Waals surface area (Å²) in [4.78, 5) is 41.6. The van der Waals surface area contributed by atoms with Gasteiger partial charge in [-0.15, -0.1) is 0 Å². The number of benzene rings is 2. The van der Waals surface area contributed by atoms with Gasteiger partial charge in [0.15, 0.2) is 0 Å². The Morgan fingerprint density at radius 1 is 1.00 bits per heavy atom. The van der Waals surface area contributed by atoms with Crippen LogP contribution in [0, 0.1) is 18.8 Å². The molecule has 0 unspecified atom stereocenters. The lowest BCUT2D eigenvalue weighted by atomic mass is 9.94. The third kappa shape index (κ3) is 5.13. The Balaban J connectivity index is 1.26. The number of anilines is 1. The fourth-order valence-corrected chi connectivity index (χ4v) is 4.53. The third-order valence-corrected chi connectivity index (χ3v) is 6.63. The molecule has 0 radical (unpaired) electrons. The number of hydrogen-bond acceptors (Lipinski definition) is 3. The Labute approximate surface area is 193 Å². The molecule has 2 aliphatic rings. The number of halogens is 1. The van der Waals surface area contributed by atoms with Gasteiger partial charge in [0.25, 0.3) is 0 Å². The van der Waals surface area contributed by atoms with Crippen molar-refractivity contribution in [3.63, 3.8) is 0 Å². The van der Waals surface area contributed by atoms with Crippen LogP contribution in [0.5, 0.6) is 0 Å². The number of nitrogens with one attached hydrogen (secondary N) is 1. The number of aryl methyl sites for hydroxylation is 1. The zero-order valence-electron chi connectivity index (χ0n) is 18.2. The van der Waals surface area contributed by atoms with Crippen molar-refractivity contribution in [1.82, 2.24) is 10.2 Å². The van der Waals surface area contributed by atoms with Crippen LogP contribution in [0.4, 0.5) is 5.69 Å². The van der Waals surface area contributed by atoms with Crippen molar-refractivity contribution in [3.8, 4) is 0 Å². The molecule has 0 aliphatic carbocycles. The summed E-state index contributed by atoms with van der Waals surface area (Å²) < 4.78 is 0. The molecule has 4 rings (SSSR count). The molecule has 7 heteroatoms. The van der Waals surface area contributed by atoms with Crippen LogP contribution < -0.4 is 10.2 Å². The lowest BCUT2D eigenvalue weighted by Gasteiger charge is -2.33. The number of amides is 3. The van der Waals surface area contributed by atoms with Crippen LogP contribution in [0.2, 0.25) is 5.02 Å². The van der Waals surface area contributed by atoms with E-state index in [0.29, 0.717) is 44.0 Å². The summed E-state index contributed by atoms with van der Waals surface area (Å²) >= 11 is 5.89. The molecule has 0 saturated carbocycles. The highest BCUT2D eigenvalue weighted by molar-refractivity contribution is 6.30. The van der Waals surface area contributed by atoms with Crippen LogP contribution in [0.1, 0.15) is 30.4 Å². The molecule has 6 nitrogen and oxygen atoms in total. The maximum absolute atomic E-state index is 13.0. The molecule has 2 fully saturated rings. The predicted octanol–water partition coefficient (Wildman–Crippen LogP) is 3.56. The van der Waals surface area contributed by atoms with E-state index in [1.165, 1.54) is 0 Å². The van der Waals surface area contributed by atoms with Gasteiger partial charge < -0.3 is 15.1 Å². The molecule has 2 saturated heterocycles. The molecule has 1 atom stereocenters. The summed E-state index contributed by atoms with van der Waals surface area (Å²) in [6.07, 6.45) is 1.52. The van der Waals surface area contributed by atoms with E-state index in [0.717, 1.165) is 16.8 Å². The zero-order chi connectivity index (χ0) is 22.7. The molecule has 0 bridgehead atoms. The van der Waals surface area contributed by atoms with Crippen LogP contribution in [0.15, 0.2) is 48.5 Å². The van der Waals surface area contributed by atoms with E-state index in [2.05, 4.69) is 5.32 Å². The number of nitrogens with zero attached hydrogens (tertiary/aromatic N) is 2. The highest BCUT2D eigenvalue weighted by Gasteiger charge is 2.38. The largest absolute Gasteiger partial charge is 0.352 e. The SMILES string of the molecule is Cc1ccc(N2C[C@H](C(=O)N3CCC(C(=O)NCc4ccc(Cl)cc4)CC3)CC2=O)cc1. The first kappa shape index (κ1) is 22.3. The first-order valence-electron chi connectivity index (χ1n) is 11.1. The molecule has 3 amide bonds. The monoisotopic (exact) mass is 453 g/mol. The molecule has 2 heterocycles. The number of likely N-dealkylation sites (tertiary alicyclic amines) is 1. The van der Waals surface area contributed by atoms with Crippen molar-refractivity contribution in [1.29, 1.82) is 0 Å². The van der Waals surface area contributed by atoms with Gasteiger partial charge in [-0.3, -0.25) is 14.4 Å². The maximum atomic E-state index is 13.0. The van der Waals surface area contributed by atoms with E-state index in [-0.39, 0.29) is 36.0 Å². The van der Waals surface area contributed by atoms with E-state index >= 15 is 0 Å². The second kappa shape index (κ2) is 9.74. The summed E-state index contributed by atoms with van der Waals surface area (Å²) in [6, 6.07) is 15.2. The minimum atomic E-state index is -0.320. The molecule has 0 spiro atoms. The van der Waals surface area contributed by atoms with Gasteiger partial charge in [-0.05, 0) is 49.6 Å². The molecule has 32 heavy (non-hydrogen) atoms. The van der Waals surface area contributed by atoms with Crippen LogP contribution in [-0.4, -0.2) is 42.3 Å². The topological polar surface area (TPSA) is 69.7 Å².